The van der Waals surface area contributed by atoms with Gasteiger partial charge in [-0.25, -0.2) is 0 Å². The number of hydrogen-bond acceptors (Lipinski definition) is 2. The number of H-pyrrole nitrogens is 1. The van der Waals surface area contributed by atoms with Crippen LogP contribution in [-0.2, 0) is 0 Å². The molecule has 88 valence electrons. The Kier molecular flexibility index (Phi) is 2.42. The fraction of sp³-hybridized carbons (Fsp3) is 0.833. The third-order valence-corrected chi connectivity index (χ3v) is 4.57. The molecule has 0 aromatic carbocycles. The van der Waals surface area contributed by atoms with Crippen LogP contribution in [0.5, 0.6) is 0 Å². The molecule has 2 saturated carbocycles. The van der Waals surface area contributed by atoms with E-state index < -0.39 is 0 Å². The highest BCUT2D eigenvalue weighted by atomic mass is 32.1. The van der Waals surface area contributed by atoms with E-state index in [1.54, 1.807) is 0 Å². The molecule has 16 heavy (non-hydrogen) atoms. The Morgan fingerprint density at radius 3 is 2.75 bits per heavy atom. The molecule has 2 aliphatic rings. The summed E-state index contributed by atoms with van der Waals surface area (Å²) in [5.74, 6) is 3.40. The quantitative estimate of drug-likeness (QED) is 0.800. The molecule has 2 bridgehead atoms. The summed E-state index contributed by atoms with van der Waals surface area (Å²) in [7, 11) is 0. The average molecular weight is 237 g/mol. The Bertz CT molecular complexity index is 445. The Hall–Kier alpha value is -0.640. The summed E-state index contributed by atoms with van der Waals surface area (Å²) in [4.78, 5) is 0. The number of rotatable bonds is 2. The number of hydrogen-bond donors (Lipinski definition) is 1. The molecule has 3 atom stereocenters. The molecule has 0 spiro atoms. The topological polar surface area (TPSA) is 33.6 Å². The van der Waals surface area contributed by atoms with E-state index in [-0.39, 0.29) is 0 Å². The summed E-state index contributed by atoms with van der Waals surface area (Å²) in [6.45, 7) is 4.38. The third-order valence-electron chi connectivity index (χ3n) is 4.28. The smallest absolute Gasteiger partial charge is 0.195 e. The first-order valence-corrected chi connectivity index (χ1v) is 6.74. The van der Waals surface area contributed by atoms with Crippen molar-refractivity contribution < 1.29 is 0 Å². The van der Waals surface area contributed by atoms with E-state index in [2.05, 4.69) is 28.6 Å². The van der Waals surface area contributed by atoms with E-state index in [1.807, 2.05) is 0 Å². The first-order chi connectivity index (χ1) is 7.66. The molecular formula is C12H19N3S. The van der Waals surface area contributed by atoms with Crippen LogP contribution in [0.1, 0.15) is 57.3 Å². The second-order valence-corrected chi connectivity index (χ2v) is 6.04. The van der Waals surface area contributed by atoms with Gasteiger partial charge < -0.3 is 4.57 Å². The number of fused-ring (bicyclic) bond motifs is 2. The lowest BCUT2D eigenvalue weighted by molar-refractivity contribution is 0.317. The number of nitrogens with zero attached hydrogens (tertiary/aromatic N) is 2. The first kappa shape index (κ1) is 10.5. The van der Waals surface area contributed by atoms with Gasteiger partial charge in [0.2, 0.25) is 0 Å². The summed E-state index contributed by atoms with van der Waals surface area (Å²) >= 11 is 5.39. The van der Waals surface area contributed by atoms with Crippen LogP contribution in [-0.4, -0.2) is 14.8 Å². The van der Waals surface area contributed by atoms with Gasteiger partial charge in [-0.2, -0.15) is 5.10 Å². The molecule has 0 aliphatic heterocycles. The minimum atomic E-state index is 0.451. The van der Waals surface area contributed by atoms with Crippen molar-refractivity contribution in [3.8, 4) is 0 Å². The minimum absolute atomic E-state index is 0.451. The molecule has 0 unspecified atom stereocenters. The lowest BCUT2D eigenvalue weighted by Crippen LogP contribution is -2.19. The van der Waals surface area contributed by atoms with Crippen LogP contribution < -0.4 is 0 Å². The highest BCUT2D eigenvalue weighted by molar-refractivity contribution is 7.71. The summed E-state index contributed by atoms with van der Waals surface area (Å²) < 4.78 is 3.13. The first-order valence-electron chi connectivity index (χ1n) is 6.33. The van der Waals surface area contributed by atoms with Crippen molar-refractivity contribution in [2.75, 3.05) is 0 Å². The molecule has 1 N–H and O–H groups in total. The molecule has 1 heterocycles. The van der Waals surface area contributed by atoms with Crippen molar-refractivity contribution in [1.82, 2.24) is 14.8 Å². The van der Waals surface area contributed by atoms with Crippen molar-refractivity contribution in [2.45, 2.75) is 51.5 Å². The number of nitrogens with one attached hydrogen (secondary N) is 1. The maximum atomic E-state index is 5.39. The van der Waals surface area contributed by atoms with Gasteiger partial charge in [0.25, 0.3) is 0 Å². The summed E-state index contributed by atoms with van der Waals surface area (Å²) in [6.07, 6.45) is 5.55. The highest BCUT2D eigenvalue weighted by Gasteiger charge is 2.41. The molecule has 3 nitrogen and oxygen atoms in total. The maximum Gasteiger partial charge on any atom is 0.195 e. The number of aromatic nitrogens is 3. The van der Waals surface area contributed by atoms with E-state index in [4.69, 9.17) is 12.2 Å². The molecule has 1 aromatic rings. The second-order valence-electron chi connectivity index (χ2n) is 5.65. The fourth-order valence-electron chi connectivity index (χ4n) is 3.57. The molecule has 0 saturated heterocycles. The molecule has 2 fully saturated rings. The van der Waals surface area contributed by atoms with Crippen molar-refractivity contribution in [3.05, 3.63) is 10.6 Å². The van der Waals surface area contributed by atoms with Crippen molar-refractivity contribution in [3.63, 3.8) is 0 Å². The lowest BCUT2D eigenvalue weighted by atomic mass is 9.95. The van der Waals surface area contributed by atoms with Gasteiger partial charge in [-0.05, 0) is 43.3 Å². The van der Waals surface area contributed by atoms with E-state index in [0.29, 0.717) is 12.0 Å². The zero-order valence-electron chi connectivity index (χ0n) is 9.94. The van der Waals surface area contributed by atoms with Crippen LogP contribution in [0.15, 0.2) is 0 Å². The SMILES string of the molecule is CC(C)c1n[nH]c(=S)n1[C@@H]1C[C@H]2CC[C@@H]1C2. The molecular weight excluding hydrogens is 218 g/mol. The molecule has 2 aliphatic carbocycles. The highest BCUT2D eigenvalue weighted by Crippen LogP contribution is 2.51. The van der Waals surface area contributed by atoms with Crippen LogP contribution in [0.2, 0.25) is 0 Å². The molecule has 0 amide bonds. The number of aromatic amines is 1. The largest absolute Gasteiger partial charge is 0.301 e. The minimum Gasteiger partial charge on any atom is -0.301 e. The van der Waals surface area contributed by atoms with Gasteiger partial charge >= 0.3 is 0 Å². The summed E-state index contributed by atoms with van der Waals surface area (Å²) in [5.41, 5.74) is 0. The average Bonchev–Trinajstić information content (AvgIpc) is 2.90. The van der Waals surface area contributed by atoms with Gasteiger partial charge in [-0.1, -0.05) is 20.3 Å². The Labute approximate surface area is 101 Å². The van der Waals surface area contributed by atoms with Crippen LogP contribution in [0.25, 0.3) is 0 Å². The standard InChI is InChI=1S/C12H19N3S/c1-7(2)11-13-14-12(16)15(11)10-6-8-3-4-9(10)5-8/h7-10H,3-6H2,1-2H3,(H,14,16)/t8-,9+,10+/m0/s1. The normalized spacial score (nSPS) is 32.8. The van der Waals surface area contributed by atoms with Crippen molar-refractivity contribution in [2.24, 2.45) is 11.8 Å². The Morgan fingerprint density at radius 1 is 1.38 bits per heavy atom. The zero-order valence-corrected chi connectivity index (χ0v) is 10.8. The predicted octanol–water partition coefficient (Wildman–Crippen LogP) is 3.43. The third kappa shape index (κ3) is 1.46. The van der Waals surface area contributed by atoms with Gasteiger partial charge in [-0.15, -0.1) is 0 Å². The summed E-state index contributed by atoms with van der Waals surface area (Å²) in [5, 5.41) is 7.36. The van der Waals surface area contributed by atoms with Crippen LogP contribution in [0.3, 0.4) is 0 Å². The molecule has 4 heteroatoms. The zero-order chi connectivity index (χ0) is 11.3. The molecule has 1 aromatic heterocycles. The molecule has 3 rings (SSSR count). The van der Waals surface area contributed by atoms with Gasteiger partial charge in [0.1, 0.15) is 5.82 Å². The monoisotopic (exact) mass is 237 g/mol. The van der Waals surface area contributed by atoms with Gasteiger partial charge in [0.05, 0.1) is 0 Å². The molecule has 0 radical (unpaired) electrons. The maximum absolute atomic E-state index is 5.39. The van der Waals surface area contributed by atoms with Gasteiger partial charge in [0, 0.05) is 12.0 Å². The second kappa shape index (κ2) is 3.69. The van der Waals surface area contributed by atoms with Gasteiger partial charge in [-0.3, -0.25) is 5.10 Å². The van der Waals surface area contributed by atoms with E-state index in [9.17, 15) is 0 Å². The predicted molar refractivity (Wildman–Crippen MR) is 66.0 cm³/mol. The van der Waals surface area contributed by atoms with Crippen LogP contribution in [0, 0.1) is 16.6 Å². The Balaban J connectivity index is 2.00. The van der Waals surface area contributed by atoms with Crippen LogP contribution >= 0.6 is 12.2 Å². The van der Waals surface area contributed by atoms with Crippen molar-refractivity contribution >= 4 is 12.2 Å². The van der Waals surface area contributed by atoms with E-state index >= 15 is 0 Å². The van der Waals surface area contributed by atoms with E-state index in [0.717, 1.165) is 22.4 Å². The van der Waals surface area contributed by atoms with Crippen LogP contribution in [0.4, 0.5) is 0 Å². The van der Waals surface area contributed by atoms with Gasteiger partial charge in [0.15, 0.2) is 4.77 Å². The van der Waals surface area contributed by atoms with Crippen molar-refractivity contribution in [1.29, 1.82) is 0 Å². The van der Waals surface area contributed by atoms with E-state index in [1.165, 1.54) is 25.7 Å². The Morgan fingerprint density at radius 2 is 2.19 bits per heavy atom. The summed E-state index contributed by atoms with van der Waals surface area (Å²) in [6, 6.07) is 0.627. The lowest BCUT2D eigenvalue weighted by Gasteiger charge is -2.25. The fourth-order valence-corrected chi connectivity index (χ4v) is 3.85.